The number of halogens is 1. The van der Waals surface area contributed by atoms with E-state index in [1.807, 2.05) is 31.2 Å². The molecule has 0 saturated carbocycles. The molecule has 0 aliphatic heterocycles. The number of nitrogen functional groups attached to an aromatic ring is 1. The number of non-ortho nitro benzene ring substituents is 1. The molecule has 0 aliphatic carbocycles. The molecule has 20 heavy (non-hydrogen) atoms. The Morgan fingerprint density at radius 1 is 1.30 bits per heavy atom. The molecule has 0 bridgehead atoms. The first-order chi connectivity index (χ1) is 9.47. The highest BCUT2D eigenvalue weighted by Gasteiger charge is 2.11. The summed E-state index contributed by atoms with van der Waals surface area (Å²) < 4.78 is 1.00. The van der Waals surface area contributed by atoms with Crippen molar-refractivity contribution >= 4 is 33.0 Å². The van der Waals surface area contributed by atoms with Gasteiger partial charge in [0.15, 0.2) is 0 Å². The zero-order valence-electron chi connectivity index (χ0n) is 10.8. The molecule has 2 rings (SSSR count). The summed E-state index contributed by atoms with van der Waals surface area (Å²) in [6.45, 7) is 2.00. The zero-order chi connectivity index (χ0) is 14.7. The topological polar surface area (TPSA) is 81.2 Å². The summed E-state index contributed by atoms with van der Waals surface area (Å²) in [5.41, 5.74) is 7.97. The molecule has 0 fully saturated rings. The SMILES string of the molecule is CC(Nc1ccc([N+](=O)[O-])cc1N)c1cccc(Br)c1. The fourth-order valence-electron chi connectivity index (χ4n) is 1.89. The van der Waals surface area contributed by atoms with E-state index in [9.17, 15) is 10.1 Å². The van der Waals surface area contributed by atoms with Crippen molar-refractivity contribution in [1.29, 1.82) is 0 Å². The van der Waals surface area contributed by atoms with Crippen molar-refractivity contribution in [2.75, 3.05) is 11.1 Å². The molecule has 0 saturated heterocycles. The van der Waals surface area contributed by atoms with Crippen LogP contribution in [0.25, 0.3) is 0 Å². The summed E-state index contributed by atoms with van der Waals surface area (Å²) in [6.07, 6.45) is 0. The number of nitrogens with one attached hydrogen (secondary N) is 1. The van der Waals surface area contributed by atoms with E-state index in [1.54, 1.807) is 6.07 Å². The van der Waals surface area contributed by atoms with Crippen molar-refractivity contribution in [2.24, 2.45) is 0 Å². The van der Waals surface area contributed by atoms with Crippen LogP contribution in [0.5, 0.6) is 0 Å². The molecule has 1 unspecified atom stereocenters. The third-order valence-electron chi connectivity index (χ3n) is 2.97. The van der Waals surface area contributed by atoms with Gasteiger partial charge in [0, 0.05) is 22.6 Å². The number of hydrogen-bond donors (Lipinski definition) is 2. The Labute approximate surface area is 125 Å². The minimum absolute atomic E-state index is 0.0110. The molecule has 0 heterocycles. The first kappa shape index (κ1) is 14.3. The minimum atomic E-state index is -0.460. The number of nitro benzene ring substituents is 1. The van der Waals surface area contributed by atoms with E-state index in [2.05, 4.69) is 21.2 Å². The van der Waals surface area contributed by atoms with Gasteiger partial charge in [-0.05, 0) is 30.7 Å². The molecule has 2 aromatic rings. The number of rotatable bonds is 4. The second-order valence-corrected chi connectivity index (χ2v) is 5.37. The summed E-state index contributed by atoms with van der Waals surface area (Å²) in [6, 6.07) is 12.4. The van der Waals surface area contributed by atoms with Crippen molar-refractivity contribution in [3.8, 4) is 0 Å². The van der Waals surface area contributed by atoms with Gasteiger partial charge in [0.1, 0.15) is 0 Å². The van der Waals surface area contributed by atoms with E-state index in [0.29, 0.717) is 11.4 Å². The predicted molar refractivity (Wildman–Crippen MR) is 83.7 cm³/mol. The van der Waals surface area contributed by atoms with Crippen molar-refractivity contribution in [3.05, 3.63) is 62.6 Å². The lowest BCUT2D eigenvalue weighted by Gasteiger charge is -2.17. The number of hydrogen-bond acceptors (Lipinski definition) is 4. The van der Waals surface area contributed by atoms with Crippen LogP contribution in [0.1, 0.15) is 18.5 Å². The maximum atomic E-state index is 10.7. The van der Waals surface area contributed by atoms with E-state index < -0.39 is 4.92 Å². The van der Waals surface area contributed by atoms with Gasteiger partial charge in [-0.15, -0.1) is 0 Å². The van der Waals surface area contributed by atoms with Gasteiger partial charge in [-0.3, -0.25) is 10.1 Å². The summed E-state index contributed by atoms with van der Waals surface area (Å²) in [5.74, 6) is 0. The normalized spacial score (nSPS) is 11.9. The van der Waals surface area contributed by atoms with Crippen LogP contribution >= 0.6 is 15.9 Å². The van der Waals surface area contributed by atoms with E-state index in [1.165, 1.54) is 12.1 Å². The average molecular weight is 336 g/mol. The summed E-state index contributed by atoms with van der Waals surface area (Å²) in [4.78, 5) is 10.2. The average Bonchev–Trinajstić information content (AvgIpc) is 2.40. The zero-order valence-corrected chi connectivity index (χ0v) is 12.4. The van der Waals surface area contributed by atoms with Crippen LogP contribution in [0.15, 0.2) is 46.9 Å². The molecule has 0 radical (unpaired) electrons. The quantitative estimate of drug-likeness (QED) is 0.500. The van der Waals surface area contributed by atoms with Crippen LogP contribution < -0.4 is 11.1 Å². The van der Waals surface area contributed by atoms with Crippen LogP contribution in [0.4, 0.5) is 17.1 Å². The number of benzene rings is 2. The van der Waals surface area contributed by atoms with Crippen LogP contribution in [0.2, 0.25) is 0 Å². The molecule has 104 valence electrons. The number of nitro groups is 1. The van der Waals surface area contributed by atoms with Gasteiger partial charge < -0.3 is 11.1 Å². The Bertz CT molecular complexity index is 646. The second kappa shape index (κ2) is 5.92. The lowest BCUT2D eigenvalue weighted by Crippen LogP contribution is -2.08. The first-order valence-electron chi connectivity index (χ1n) is 6.03. The molecular formula is C14H14BrN3O2. The lowest BCUT2D eigenvalue weighted by molar-refractivity contribution is -0.384. The summed E-state index contributed by atoms with van der Waals surface area (Å²) >= 11 is 3.43. The van der Waals surface area contributed by atoms with Crippen LogP contribution in [0, 0.1) is 10.1 Å². The monoisotopic (exact) mass is 335 g/mol. The van der Waals surface area contributed by atoms with E-state index in [-0.39, 0.29) is 11.7 Å². The third kappa shape index (κ3) is 3.27. The molecule has 3 N–H and O–H groups in total. The lowest BCUT2D eigenvalue weighted by atomic mass is 10.1. The van der Waals surface area contributed by atoms with Crippen molar-refractivity contribution in [1.82, 2.24) is 0 Å². The second-order valence-electron chi connectivity index (χ2n) is 4.45. The Morgan fingerprint density at radius 3 is 2.65 bits per heavy atom. The maximum absolute atomic E-state index is 10.7. The van der Waals surface area contributed by atoms with Gasteiger partial charge in [0.25, 0.3) is 5.69 Å². The predicted octanol–water partition coefficient (Wildman–Crippen LogP) is 4.11. The highest BCUT2D eigenvalue weighted by atomic mass is 79.9. The fraction of sp³-hybridized carbons (Fsp3) is 0.143. The number of nitrogens with two attached hydrogens (primary N) is 1. The molecule has 2 aromatic carbocycles. The van der Waals surface area contributed by atoms with Crippen molar-refractivity contribution in [3.63, 3.8) is 0 Å². The highest BCUT2D eigenvalue weighted by molar-refractivity contribution is 9.10. The standard InChI is InChI=1S/C14H14BrN3O2/c1-9(10-3-2-4-11(15)7-10)17-14-6-5-12(18(19)20)8-13(14)16/h2-9,17H,16H2,1H3. The Balaban J connectivity index is 2.19. The van der Waals surface area contributed by atoms with Crippen molar-refractivity contribution in [2.45, 2.75) is 13.0 Å². The molecule has 6 heteroatoms. The van der Waals surface area contributed by atoms with Gasteiger partial charge >= 0.3 is 0 Å². The van der Waals surface area contributed by atoms with E-state index in [0.717, 1.165) is 10.0 Å². The number of anilines is 2. The first-order valence-corrected chi connectivity index (χ1v) is 6.82. The number of nitrogens with zero attached hydrogens (tertiary/aromatic N) is 1. The van der Waals surface area contributed by atoms with Crippen LogP contribution in [-0.2, 0) is 0 Å². The maximum Gasteiger partial charge on any atom is 0.271 e. The van der Waals surface area contributed by atoms with E-state index >= 15 is 0 Å². The molecule has 0 amide bonds. The Hall–Kier alpha value is -2.08. The van der Waals surface area contributed by atoms with Gasteiger partial charge in [-0.1, -0.05) is 28.1 Å². The van der Waals surface area contributed by atoms with Crippen LogP contribution in [0.3, 0.4) is 0 Å². The highest BCUT2D eigenvalue weighted by Crippen LogP contribution is 2.28. The summed E-state index contributed by atoms with van der Waals surface area (Å²) in [5, 5.41) is 13.9. The molecule has 1 atom stereocenters. The van der Waals surface area contributed by atoms with Crippen molar-refractivity contribution < 1.29 is 4.92 Å². The van der Waals surface area contributed by atoms with Crippen LogP contribution in [-0.4, -0.2) is 4.92 Å². The smallest absolute Gasteiger partial charge is 0.271 e. The molecule has 0 aliphatic rings. The molecule has 5 nitrogen and oxygen atoms in total. The summed E-state index contributed by atoms with van der Waals surface area (Å²) in [7, 11) is 0. The molecule has 0 aromatic heterocycles. The Kier molecular flexibility index (Phi) is 4.24. The fourth-order valence-corrected chi connectivity index (χ4v) is 2.30. The third-order valence-corrected chi connectivity index (χ3v) is 3.46. The molecular weight excluding hydrogens is 322 g/mol. The minimum Gasteiger partial charge on any atom is -0.397 e. The van der Waals surface area contributed by atoms with Gasteiger partial charge in [-0.2, -0.15) is 0 Å². The van der Waals surface area contributed by atoms with Gasteiger partial charge in [0.05, 0.1) is 16.3 Å². The van der Waals surface area contributed by atoms with Gasteiger partial charge in [0.2, 0.25) is 0 Å². The van der Waals surface area contributed by atoms with E-state index in [4.69, 9.17) is 5.73 Å². The Morgan fingerprint density at radius 2 is 2.05 bits per heavy atom. The molecule has 0 spiro atoms. The van der Waals surface area contributed by atoms with Gasteiger partial charge in [-0.25, -0.2) is 0 Å². The largest absolute Gasteiger partial charge is 0.397 e.